The maximum absolute atomic E-state index is 11.4. The fraction of sp³-hybridized carbons (Fsp3) is 0.857. The van der Waals surface area contributed by atoms with Crippen molar-refractivity contribution in [3.8, 4) is 0 Å². The molecule has 2 rings (SSSR count). The van der Waals surface area contributed by atoms with E-state index in [-0.39, 0.29) is 17.3 Å². The third-order valence-corrected chi connectivity index (χ3v) is 7.15. The van der Waals surface area contributed by atoms with E-state index in [4.69, 9.17) is 4.74 Å². The molecule has 0 saturated heterocycles. The molecule has 24 heavy (non-hydrogen) atoms. The largest absolute Gasteiger partial charge is 0.466 e. The lowest BCUT2D eigenvalue weighted by molar-refractivity contribution is -0.168. The molecule has 2 aliphatic rings. The van der Waals surface area contributed by atoms with Gasteiger partial charge in [-0.2, -0.15) is 0 Å². The fourth-order valence-electron chi connectivity index (χ4n) is 5.97. The first kappa shape index (κ1) is 19.5. The van der Waals surface area contributed by atoms with Gasteiger partial charge in [0, 0.05) is 6.08 Å². The summed E-state index contributed by atoms with van der Waals surface area (Å²) in [5.74, 6) is 0.670. The normalized spacial score (nSPS) is 39.2. The number of rotatable bonds is 4. The highest BCUT2D eigenvalue weighted by Crippen LogP contribution is 2.62. The monoisotopic (exact) mass is 336 g/mol. The number of hydrogen-bond acceptors (Lipinski definition) is 3. The van der Waals surface area contributed by atoms with Gasteiger partial charge >= 0.3 is 5.97 Å². The molecular weight excluding hydrogens is 300 g/mol. The lowest BCUT2D eigenvalue weighted by atomic mass is 9.45. The number of carbonyl (C=O) groups excluding carboxylic acids is 1. The van der Waals surface area contributed by atoms with Crippen LogP contribution in [0.15, 0.2) is 11.6 Å². The van der Waals surface area contributed by atoms with Gasteiger partial charge in [0.05, 0.1) is 12.7 Å². The van der Waals surface area contributed by atoms with Crippen molar-refractivity contribution in [1.29, 1.82) is 0 Å². The zero-order chi connectivity index (χ0) is 18.2. The minimum absolute atomic E-state index is 0.190. The molecule has 0 aliphatic heterocycles. The Morgan fingerprint density at radius 1 is 1.21 bits per heavy atom. The first-order chi connectivity index (χ1) is 11.0. The maximum Gasteiger partial charge on any atom is 0.330 e. The zero-order valence-corrected chi connectivity index (χ0v) is 16.4. The lowest BCUT2D eigenvalue weighted by Gasteiger charge is -2.61. The van der Waals surface area contributed by atoms with Gasteiger partial charge in [-0.15, -0.1) is 0 Å². The van der Waals surface area contributed by atoms with E-state index in [0.29, 0.717) is 11.3 Å². The van der Waals surface area contributed by atoms with Gasteiger partial charge in [0.1, 0.15) is 0 Å². The average molecular weight is 337 g/mol. The standard InChI is InChI=1S/C21H36O3/c1-15(14-18(22)24-6)8-9-17-20(4)12-7-11-19(2,3)16(20)10-13-21(17,5)23/h14,16-17,23H,7-13H2,1-6H3/b15-14+/t16-,17+,20-,21-/m0/s1. The van der Waals surface area contributed by atoms with Gasteiger partial charge in [-0.3, -0.25) is 0 Å². The van der Waals surface area contributed by atoms with Crippen molar-refractivity contribution >= 4 is 5.97 Å². The highest BCUT2D eigenvalue weighted by atomic mass is 16.5. The van der Waals surface area contributed by atoms with E-state index in [1.54, 1.807) is 6.08 Å². The van der Waals surface area contributed by atoms with E-state index in [0.717, 1.165) is 31.3 Å². The Labute approximate surface area is 147 Å². The number of ether oxygens (including phenoxy) is 1. The molecule has 0 spiro atoms. The van der Waals surface area contributed by atoms with E-state index in [9.17, 15) is 9.90 Å². The molecule has 2 fully saturated rings. The van der Waals surface area contributed by atoms with Gasteiger partial charge in [0.25, 0.3) is 0 Å². The number of carbonyl (C=O) groups is 1. The lowest BCUT2D eigenvalue weighted by Crippen LogP contribution is -2.57. The Hall–Kier alpha value is -0.830. The summed E-state index contributed by atoms with van der Waals surface area (Å²) in [5, 5.41) is 11.1. The van der Waals surface area contributed by atoms with E-state index >= 15 is 0 Å². The number of aliphatic hydroxyl groups is 1. The summed E-state index contributed by atoms with van der Waals surface area (Å²) in [6.45, 7) is 11.2. The smallest absolute Gasteiger partial charge is 0.330 e. The summed E-state index contributed by atoms with van der Waals surface area (Å²) in [6.07, 6.45) is 9.15. The Balaban J connectivity index is 2.21. The molecule has 3 heteroatoms. The molecule has 0 amide bonds. The van der Waals surface area contributed by atoms with E-state index in [1.807, 2.05) is 13.8 Å². The van der Waals surface area contributed by atoms with Crippen LogP contribution in [0.4, 0.5) is 0 Å². The SMILES string of the molecule is COC(=O)/C=C(\C)CC[C@@H]1[C@@]2(C)CCCC(C)(C)[C@@H]2CC[C@]1(C)O. The van der Waals surface area contributed by atoms with Crippen molar-refractivity contribution in [2.75, 3.05) is 7.11 Å². The van der Waals surface area contributed by atoms with Gasteiger partial charge in [-0.25, -0.2) is 4.79 Å². The van der Waals surface area contributed by atoms with Crippen molar-refractivity contribution in [1.82, 2.24) is 0 Å². The summed E-state index contributed by atoms with van der Waals surface area (Å²) in [4.78, 5) is 11.4. The van der Waals surface area contributed by atoms with Crippen molar-refractivity contribution < 1.29 is 14.6 Å². The van der Waals surface area contributed by atoms with Crippen molar-refractivity contribution in [3.63, 3.8) is 0 Å². The first-order valence-electron chi connectivity index (χ1n) is 9.50. The summed E-state index contributed by atoms with van der Waals surface area (Å²) in [6, 6.07) is 0. The third-order valence-electron chi connectivity index (χ3n) is 7.15. The second kappa shape index (κ2) is 6.82. The van der Waals surface area contributed by atoms with Gasteiger partial charge in [-0.05, 0) is 75.0 Å². The van der Waals surface area contributed by atoms with Crippen LogP contribution in [0.3, 0.4) is 0 Å². The van der Waals surface area contributed by atoms with Gasteiger partial charge < -0.3 is 9.84 Å². The van der Waals surface area contributed by atoms with Crippen LogP contribution >= 0.6 is 0 Å². The number of esters is 1. The molecule has 2 aliphatic carbocycles. The minimum Gasteiger partial charge on any atom is -0.466 e. The van der Waals surface area contributed by atoms with Crippen LogP contribution in [-0.2, 0) is 9.53 Å². The van der Waals surface area contributed by atoms with Crippen LogP contribution in [0.25, 0.3) is 0 Å². The average Bonchev–Trinajstić information content (AvgIpc) is 2.44. The fourth-order valence-corrected chi connectivity index (χ4v) is 5.97. The Bertz CT molecular complexity index is 503. The molecule has 0 unspecified atom stereocenters. The van der Waals surface area contributed by atoms with Crippen LogP contribution in [-0.4, -0.2) is 23.8 Å². The van der Waals surface area contributed by atoms with Crippen molar-refractivity contribution in [2.45, 2.75) is 85.2 Å². The maximum atomic E-state index is 11.4. The van der Waals surface area contributed by atoms with Crippen LogP contribution in [0, 0.1) is 22.7 Å². The molecule has 2 saturated carbocycles. The highest BCUT2D eigenvalue weighted by molar-refractivity contribution is 5.82. The molecule has 138 valence electrons. The Morgan fingerprint density at radius 3 is 2.50 bits per heavy atom. The molecule has 0 heterocycles. The number of hydrogen-bond donors (Lipinski definition) is 1. The summed E-state index contributed by atoms with van der Waals surface area (Å²) < 4.78 is 4.72. The quantitative estimate of drug-likeness (QED) is 0.588. The number of methoxy groups -OCH3 is 1. The molecular formula is C21H36O3. The second-order valence-corrected chi connectivity index (χ2v) is 9.40. The molecule has 4 atom stereocenters. The molecule has 1 N–H and O–H groups in total. The second-order valence-electron chi connectivity index (χ2n) is 9.40. The van der Waals surface area contributed by atoms with Crippen molar-refractivity contribution in [2.24, 2.45) is 22.7 Å². The van der Waals surface area contributed by atoms with Crippen LogP contribution in [0.5, 0.6) is 0 Å². The van der Waals surface area contributed by atoms with E-state index < -0.39 is 5.60 Å². The number of fused-ring (bicyclic) bond motifs is 1. The minimum atomic E-state index is -0.607. The predicted molar refractivity (Wildman–Crippen MR) is 97.6 cm³/mol. The summed E-state index contributed by atoms with van der Waals surface area (Å²) in [7, 11) is 1.41. The van der Waals surface area contributed by atoms with Crippen LogP contribution in [0.2, 0.25) is 0 Å². The van der Waals surface area contributed by atoms with E-state index in [2.05, 4.69) is 20.8 Å². The highest BCUT2D eigenvalue weighted by Gasteiger charge is 2.57. The zero-order valence-electron chi connectivity index (χ0n) is 16.4. The Kier molecular flexibility index (Phi) is 5.54. The molecule has 0 bridgehead atoms. The molecule has 0 aromatic heterocycles. The van der Waals surface area contributed by atoms with Crippen LogP contribution < -0.4 is 0 Å². The van der Waals surface area contributed by atoms with Gasteiger partial charge in [0.2, 0.25) is 0 Å². The molecule has 0 radical (unpaired) electrons. The predicted octanol–water partition coefficient (Wildman–Crippen LogP) is 4.88. The topological polar surface area (TPSA) is 46.5 Å². The van der Waals surface area contributed by atoms with E-state index in [1.165, 1.54) is 26.4 Å². The van der Waals surface area contributed by atoms with Gasteiger partial charge in [0.15, 0.2) is 0 Å². The van der Waals surface area contributed by atoms with Gasteiger partial charge in [-0.1, -0.05) is 32.8 Å². The number of allylic oxidation sites excluding steroid dienone is 1. The molecule has 0 aromatic carbocycles. The molecule has 3 nitrogen and oxygen atoms in total. The van der Waals surface area contributed by atoms with Crippen molar-refractivity contribution in [3.05, 3.63) is 11.6 Å². The summed E-state index contributed by atoms with van der Waals surface area (Å²) in [5.41, 5.74) is 0.983. The Morgan fingerprint density at radius 2 is 1.88 bits per heavy atom. The summed E-state index contributed by atoms with van der Waals surface area (Å²) >= 11 is 0. The molecule has 0 aromatic rings. The first-order valence-corrected chi connectivity index (χ1v) is 9.50. The van der Waals surface area contributed by atoms with Crippen LogP contribution in [0.1, 0.15) is 79.6 Å². The third kappa shape index (κ3) is 3.71.